The van der Waals surface area contributed by atoms with Gasteiger partial charge in [-0.3, -0.25) is 9.59 Å². The third-order valence-electron chi connectivity index (χ3n) is 1.66. The largest absolute Gasteiger partial charge is 0.387 e. The maximum atomic E-state index is 11.4. The Kier molecular flexibility index (Phi) is 6.87. The fourth-order valence-corrected chi connectivity index (χ4v) is 0.590. The SMILES string of the molecule is CC(C)(C)C(=O)OC(=O)C(=O)C(C)(C)C.[Y]. The molecular weight excluding hydrogens is 285 g/mol. The summed E-state index contributed by atoms with van der Waals surface area (Å²) in [6.07, 6.45) is 0. The molecule has 16 heavy (non-hydrogen) atoms. The molecule has 0 fully saturated rings. The van der Waals surface area contributed by atoms with Crippen molar-refractivity contribution in [2.24, 2.45) is 10.8 Å². The number of hydrogen-bond acceptors (Lipinski definition) is 4. The molecular formula is C11H18O4Y. The molecule has 0 aliphatic carbocycles. The first-order valence-corrected chi connectivity index (χ1v) is 4.77. The van der Waals surface area contributed by atoms with E-state index < -0.39 is 28.6 Å². The van der Waals surface area contributed by atoms with Gasteiger partial charge in [-0.15, -0.1) is 0 Å². The van der Waals surface area contributed by atoms with Crippen LogP contribution < -0.4 is 0 Å². The van der Waals surface area contributed by atoms with Crippen molar-refractivity contribution in [2.75, 3.05) is 0 Å². The molecule has 0 atom stereocenters. The summed E-state index contributed by atoms with van der Waals surface area (Å²) in [4.78, 5) is 34.0. The van der Waals surface area contributed by atoms with Gasteiger partial charge >= 0.3 is 11.9 Å². The molecule has 0 amide bonds. The minimum absolute atomic E-state index is 0. The molecule has 0 aliphatic rings. The van der Waals surface area contributed by atoms with Gasteiger partial charge in [0.1, 0.15) is 0 Å². The third-order valence-corrected chi connectivity index (χ3v) is 1.66. The quantitative estimate of drug-likeness (QED) is 0.420. The van der Waals surface area contributed by atoms with E-state index in [-0.39, 0.29) is 32.7 Å². The fraction of sp³-hybridized carbons (Fsp3) is 0.727. The Labute approximate surface area is 121 Å². The zero-order valence-electron chi connectivity index (χ0n) is 10.7. The van der Waals surface area contributed by atoms with Gasteiger partial charge in [0.2, 0.25) is 5.78 Å². The first kappa shape index (κ1) is 18.3. The Hall–Kier alpha value is -0.0861. The van der Waals surface area contributed by atoms with E-state index in [9.17, 15) is 14.4 Å². The molecule has 0 aromatic heterocycles. The number of ketones is 1. The number of esters is 2. The molecule has 4 nitrogen and oxygen atoms in total. The van der Waals surface area contributed by atoms with Crippen LogP contribution in [0.4, 0.5) is 0 Å². The summed E-state index contributed by atoms with van der Waals surface area (Å²) in [7, 11) is 0. The van der Waals surface area contributed by atoms with Crippen molar-refractivity contribution < 1.29 is 51.8 Å². The average molecular weight is 303 g/mol. The van der Waals surface area contributed by atoms with Gasteiger partial charge < -0.3 is 4.74 Å². The Morgan fingerprint density at radius 1 is 0.812 bits per heavy atom. The summed E-state index contributed by atoms with van der Waals surface area (Å²) in [5.74, 6) is -2.47. The third kappa shape index (κ3) is 5.85. The maximum Gasteiger partial charge on any atom is 0.382 e. The Balaban J connectivity index is 0. The number of carbonyl (C=O) groups excluding carboxylic acids is 3. The predicted octanol–water partition coefficient (Wildman–Crippen LogP) is 1.71. The van der Waals surface area contributed by atoms with Gasteiger partial charge in [-0.2, -0.15) is 0 Å². The van der Waals surface area contributed by atoms with E-state index in [2.05, 4.69) is 4.74 Å². The van der Waals surface area contributed by atoms with Crippen molar-refractivity contribution in [3.05, 3.63) is 0 Å². The van der Waals surface area contributed by atoms with Crippen LogP contribution in [0.2, 0.25) is 0 Å². The van der Waals surface area contributed by atoms with E-state index in [0.29, 0.717) is 0 Å². The van der Waals surface area contributed by atoms with Crippen LogP contribution in [0.25, 0.3) is 0 Å². The number of rotatable bonds is 1. The molecule has 0 saturated carbocycles. The Morgan fingerprint density at radius 3 is 1.44 bits per heavy atom. The zero-order chi connectivity index (χ0) is 12.4. The predicted molar refractivity (Wildman–Crippen MR) is 55.0 cm³/mol. The second-order valence-electron chi connectivity index (χ2n) is 5.51. The molecule has 0 bridgehead atoms. The van der Waals surface area contributed by atoms with E-state index in [1.165, 1.54) is 0 Å². The second-order valence-corrected chi connectivity index (χ2v) is 5.51. The van der Waals surface area contributed by atoms with Crippen molar-refractivity contribution >= 4 is 17.7 Å². The average Bonchev–Trinajstić information content (AvgIpc) is 1.99. The molecule has 0 aromatic carbocycles. The van der Waals surface area contributed by atoms with Crippen molar-refractivity contribution in [3.63, 3.8) is 0 Å². The standard InChI is InChI=1S/C11H18O4.Y/c1-10(2,3)7(12)8(13)15-9(14)11(4,5)6;/h1-6H3;. The van der Waals surface area contributed by atoms with Gasteiger partial charge in [0.15, 0.2) is 0 Å². The van der Waals surface area contributed by atoms with Gasteiger partial charge in [-0.25, -0.2) is 4.79 Å². The van der Waals surface area contributed by atoms with Crippen LogP contribution >= 0.6 is 0 Å². The van der Waals surface area contributed by atoms with Crippen LogP contribution in [0.5, 0.6) is 0 Å². The monoisotopic (exact) mass is 303 g/mol. The van der Waals surface area contributed by atoms with Crippen molar-refractivity contribution in [1.29, 1.82) is 0 Å². The van der Waals surface area contributed by atoms with Gasteiger partial charge in [0, 0.05) is 38.1 Å². The van der Waals surface area contributed by atoms with E-state index >= 15 is 0 Å². The summed E-state index contributed by atoms with van der Waals surface area (Å²) in [5.41, 5.74) is -1.61. The van der Waals surface area contributed by atoms with Crippen molar-refractivity contribution in [2.45, 2.75) is 41.5 Å². The molecule has 0 unspecified atom stereocenters. The minimum atomic E-state index is -1.08. The summed E-state index contributed by atoms with van der Waals surface area (Å²) in [5, 5.41) is 0. The van der Waals surface area contributed by atoms with Crippen LogP contribution in [0, 0.1) is 10.8 Å². The van der Waals surface area contributed by atoms with Crippen LogP contribution in [-0.4, -0.2) is 17.7 Å². The molecule has 0 spiro atoms. The number of hydrogen-bond donors (Lipinski definition) is 0. The molecule has 0 heterocycles. The van der Waals surface area contributed by atoms with Crippen LogP contribution in [0.1, 0.15) is 41.5 Å². The summed E-state index contributed by atoms with van der Waals surface area (Å²) < 4.78 is 4.48. The second kappa shape index (κ2) is 6.01. The van der Waals surface area contributed by atoms with Gasteiger partial charge in [0.25, 0.3) is 0 Å². The van der Waals surface area contributed by atoms with E-state index in [4.69, 9.17) is 0 Å². The Morgan fingerprint density at radius 2 is 1.19 bits per heavy atom. The van der Waals surface area contributed by atoms with Gasteiger partial charge in [0.05, 0.1) is 5.41 Å². The molecule has 0 aromatic rings. The molecule has 0 saturated heterocycles. The molecule has 1 radical (unpaired) electrons. The van der Waals surface area contributed by atoms with Crippen molar-refractivity contribution in [3.8, 4) is 0 Å². The first-order valence-electron chi connectivity index (χ1n) is 4.77. The van der Waals surface area contributed by atoms with Crippen LogP contribution in [0.15, 0.2) is 0 Å². The summed E-state index contributed by atoms with van der Waals surface area (Å²) in [6.45, 7) is 9.63. The molecule has 5 heteroatoms. The van der Waals surface area contributed by atoms with Crippen LogP contribution in [0.3, 0.4) is 0 Å². The van der Waals surface area contributed by atoms with E-state index in [1.54, 1.807) is 41.5 Å². The minimum Gasteiger partial charge on any atom is -0.387 e. The molecule has 0 aliphatic heterocycles. The van der Waals surface area contributed by atoms with Crippen molar-refractivity contribution in [1.82, 2.24) is 0 Å². The van der Waals surface area contributed by atoms with E-state index in [1.807, 2.05) is 0 Å². The van der Waals surface area contributed by atoms with E-state index in [0.717, 1.165) is 0 Å². The number of Topliss-reactive ketones (excluding diaryl/α,β-unsaturated/α-hetero) is 1. The summed E-state index contributed by atoms with van der Waals surface area (Å²) >= 11 is 0. The number of carbonyl (C=O) groups is 3. The van der Waals surface area contributed by atoms with Gasteiger partial charge in [-0.05, 0) is 20.8 Å². The smallest absolute Gasteiger partial charge is 0.382 e. The fourth-order valence-electron chi connectivity index (χ4n) is 0.590. The summed E-state index contributed by atoms with van der Waals surface area (Å²) in [6, 6.07) is 0. The zero-order valence-corrected chi connectivity index (χ0v) is 13.5. The normalized spacial score (nSPS) is 11.4. The van der Waals surface area contributed by atoms with Crippen LogP contribution in [-0.2, 0) is 51.8 Å². The van der Waals surface area contributed by atoms with Gasteiger partial charge in [-0.1, -0.05) is 20.8 Å². The molecule has 89 valence electrons. The Bertz CT molecular complexity index is 294. The maximum absolute atomic E-state index is 11.4. The molecule has 0 N–H and O–H groups in total. The first-order chi connectivity index (χ1) is 6.46. The molecule has 0 rings (SSSR count). The topological polar surface area (TPSA) is 60.4 Å². The number of ether oxygens (including phenoxy) is 1.